The lowest BCUT2D eigenvalue weighted by Gasteiger charge is -2.31. The van der Waals surface area contributed by atoms with E-state index >= 15 is 0 Å². The number of likely N-dealkylation sites (tertiary alicyclic amines) is 1. The van der Waals surface area contributed by atoms with Crippen LogP contribution >= 0.6 is 11.3 Å². The summed E-state index contributed by atoms with van der Waals surface area (Å²) in [4.78, 5) is 52.4. The maximum Gasteiger partial charge on any atom is 0.348 e. The quantitative estimate of drug-likeness (QED) is 0.261. The van der Waals surface area contributed by atoms with E-state index in [1.165, 1.54) is 6.08 Å². The highest BCUT2D eigenvalue weighted by Crippen LogP contribution is 2.34. The zero-order valence-corrected chi connectivity index (χ0v) is 21.1. The van der Waals surface area contributed by atoms with Crippen molar-refractivity contribution in [2.45, 2.75) is 46.5 Å². The highest BCUT2D eigenvalue weighted by atomic mass is 32.1. The monoisotopic (exact) mass is 493 g/mol. The third-order valence-corrected chi connectivity index (χ3v) is 6.66. The number of hydrogen-bond donors (Lipinski definition) is 2. The molecule has 1 aromatic heterocycles. The number of hydrogen-bond acceptors (Lipinski definition) is 8. The predicted molar refractivity (Wildman–Crippen MR) is 131 cm³/mol. The predicted octanol–water partition coefficient (Wildman–Crippen LogP) is 3.14. The van der Waals surface area contributed by atoms with Crippen molar-refractivity contribution in [2.75, 3.05) is 44.7 Å². The van der Waals surface area contributed by atoms with E-state index in [0.717, 1.165) is 37.0 Å². The molecule has 2 N–H and O–H groups in total. The molecule has 0 radical (unpaired) electrons. The summed E-state index contributed by atoms with van der Waals surface area (Å²) in [6, 6.07) is 0. The molecule has 0 spiro atoms. The average Bonchev–Trinajstić information content (AvgIpc) is 3.13. The molecule has 1 unspecified atom stereocenters. The third kappa shape index (κ3) is 7.66. The number of carbonyl (C=O) groups excluding carboxylic acids is 4. The molecule has 1 fully saturated rings. The van der Waals surface area contributed by atoms with Gasteiger partial charge in [0.05, 0.1) is 24.6 Å². The summed E-state index contributed by atoms with van der Waals surface area (Å²) >= 11 is 0.982. The number of nitrogens with one attached hydrogen (secondary N) is 2. The summed E-state index contributed by atoms with van der Waals surface area (Å²) < 4.78 is 10.2. The second kappa shape index (κ2) is 13.9. The van der Waals surface area contributed by atoms with Gasteiger partial charge >= 0.3 is 11.9 Å². The highest BCUT2D eigenvalue weighted by molar-refractivity contribution is 7.18. The van der Waals surface area contributed by atoms with Crippen LogP contribution in [0.5, 0.6) is 0 Å². The largest absolute Gasteiger partial charge is 0.462 e. The van der Waals surface area contributed by atoms with Gasteiger partial charge < -0.3 is 20.1 Å². The van der Waals surface area contributed by atoms with Gasteiger partial charge in [-0.25, -0.2) is 9.59 Å². The summed E-state index contributed by atoms with van der Waals surface area (Å²) in [6.45, 7) is 11.0. The first-order valence-electron chi connectivity index (χ1n) is 11.7. The lowest BCUT2D eigenvalue weighted by molar-refractivity contribution is -0.127. The van der Waals surface area contributed by atoms with E-state index in [1.807, 2.05) is 4.90 Å². The van der Waals surface area contributed by atoms with E-state index in [1.54, 1.807) is 13.8 Å². The first kappa shape index (κ1) is 27.5. The molecule has 1 aromatic rings. The Balaban J connectivity index is 2.09. The van der Waals surface area contributed by atoms with Crippen LogP contribution in [-0.4, -0.2) is 68.0 Å². The smallest absolute Gasteiger partial charge is 0.348 e. The number of anilines is 1. The number of rotatable bonds is 12. The fraction of sp³-hybridized carbons (Fsp3) is 0.583. The number of nitrogens with zero attached hydrogens (tertiary/aromatic N) is 1. The minimum absolute atomic E-state index is 0.0275. The first-order valence-corrected chi connectivity index (χ1v) is 12.5. The maximum absolute atomic E-state index is 12.8. The van der Waals surface area contributed by atoms with Crippen LogP contribution in [-0.2, 0) is 19.1 Å². The minimum Gasteiger partial charge on any atom is -0.462 e. The van der Waals surface area contributed by atoms with Gasteiger partial charge in [-0.05, 0) is 45.2 Å². The second-order valence-corrected chi connectivity index (χ2v) is 9.16. The highest BCUT2D eigenvalue weighted by Gasteiger charge is 2.29. The van der Waals surface area contributed by atoms with E-state index < -0.39 is 11.9 Å². The summed E-state index contributed by atoms with van der Waals surface area (Å²) in [6.07, 6.45) is 5.03. The normalized spacial score (nSPS) is 15.9. The lowest BCUT2D eigenvalue weighted by Crippen LogP contribution is -2.45. The molecule has 1 aliphatic heterocycles. The molecule has 0 aromatic carbocycles. The Morgan fingerprint density at radius 2 is 1.97 bits per heavy atom. The third-order valence-electron chi connectivity index (χ3n) is 5.47. The number of esters is 2. The molecule has 1 aliphatic rings. The summed E-state index contributed by atoms with van der Waals surface area (Å²) in [5.74, 6) is -1.66. The van der Waals surface area contributed by atoms with Crippen molar-refractivity contribution in [1.29, 1.82) is 0 Å². The van der Waals surface area contributed by atoms with Gasteiger partial charge in [0.2, 0.25) is 11.8 Å². The Kier molecular flexibility index (Phi) is 11.2. The molecule has 10 heteroatoms. The van der Waals surface area contributed by atoms with Crippen LogP contribution in [0.3, 0.4) is 0 Å². The number of ether oxygens (including phenoxy) is 2. The van der Waals surface area contributed by atoms with Crippen LogP contribution in [0.25, 0.3) is 0 Å². The second-order valence-electron chi connectivity index (χ2n) is 8.13. The Labute approximate surface area is 204 Å². The summed E-state index contributed by atoms with van der Waals surface area (Å²) in [5, 5.41) is 5.98. The number of carbonyl (C=O) groups is 4. The van der Waals surface area contributed by atoms with Crippen LogP contribution < -0.4 is 10.6 Å². The van der Waals surface area contributed by atoms with Crippen molar-refractivity contribution in [3.8, 4) is 0 Å². The zero-order chi connectivity index (χ0) is 25.1. The first-order chi connectivity index (χ1) is 16.3. The van der Waals surface area contributed by atoms with E-state index in [-0.39, 0.29) is 52.9 Å². The van der Waals surface area contributed by atoms with E-state index in [9.17, 15) is 19.2 Å². The number of thiophene rings is 1. The fourth-order valence-electron chi connectivity index (χ4n) is 3.76. The van der Waals surface area contributed by atoms with Gasteiger partial charge in [-0.2, -0.15) is 0 Å². The maximum atomic E-state index is 12.8. The number of unbranched alkanes of at least 4 members (excludes halogenated alkanes) is 1. The van der Waals surface area contributed by atoms with Gasteiger partial charge in [-0.15, -0.1) is 11.3 Å². The van der Waals surface area contributed by atoms with E-state index in [4.69, 9.17) is 9.47 Å². The van der Waals surface area contributed by atoms with Crippen molar-refractivity contribution >= 4 is 40.1 Å². The number of amides is 2. The molecular weight excluding hydrogens is 458 g/mol. The molecule has 2 amide bonds. The van der Waals surface area contributed by atoms with Crippen LogP contribution in [0.2, 0.25) is 0 Å². The van der Waals surface area contributed by atoms with Crippen molar-refractivity contribution in [3.05, 3.63) is 28.7 Å². The zero-order valence-electron chi connectivity index (χ0n) is 20.2. The number of piperidine rings is 1. The average molecular weight is 494 g/mol. The summed E-state index contributed by atoms with van der Waals surface area (Å²) in [5.41, 5.74) is 0.548. The topological polar surface area (TPSA) is 114 Å². The molecule has 34 heavy (non-hydrogen) atoms. The van der Waals surface area contributed by atoms with Crippen molar-refractivity contribution < 1.29 is 28.7 Å². The molecular formula is C24H35N3O6S. The van der Waals surface area contributed by atoms with Gasteiger partial charge in [0.15, 0.2) is 0 Å². The molecule has 0 bridgehead atoms. The van der Waals surface area contributed by atoms with Crippen molar-refractivity contribution in [2.24, 2.45) is 5.92 Å². The molecule has 1 atom stereocenters. The molecule has 188 valence electrons. The Morgan fingerprint density at radius 3 is 2.65 bits per heavy atom. The molecule has 0 aliphatic carbocycles. The molecule has 9 nitrogen and oxygen atoms in total. The van der Waals surface area contributed by atoms with Gasteiger partial charge in [-0.1, -0.05) is 26.0 Å². The Hall–Kier alpha value is -2.72. The lowest BCUT2D eigenvalue weighted by atomic mass is 9.97. The summed E-state index contributed by atoms with van der Waals surface area (Å²) in [7, 11) is 0. The van der Waals surface area contributed by atoms with E-state index in [0.29, 0.717) is 25.2 Å². The fourth-order valence-corrected chi connectivity index (χ4v) is 4.87. The molecule has 2 heterocycles. The Morgan fingerprint density at radius 1 is 1.21 bits per heavy atom. The van der Waals surface area contributed by atoms with Crippen LogP contribution in [0, 0.1) is 12.8 Å². The molecule has 1 saturated heterocycles. The Bertz CT molecular complexity index is 898. The van der Waals surface area contributed by atoms with Crippen LogP contribution in [0.1, 0.15) is 65.1 Å². The van der Waals surface area contributed by atoms with Gasteiger partial charge in [0, 0.05) is 13.1 Å². The van der Waals surface area contributed by atoms with Crippen molar-refractivity contribution in [1.82, 2.24) is 10.2 Å². The van der Waals surface area contributed by atoms with Gasteiger partial charge in [-0.3, -0.25) is 14.5 Å². The standard InChI is InChI=1S/C24H35N3O6S/c1-5-8-11-25-21(29)17-10-9-12-27(14-17)15-18(28)26-22-19(23(30)32-7-3)16(4)20(34-22)24(31)33-13-6-2/h6,17H,2,5,7-15H2,1,3-4H3,(H,25,29)(H,26,28). The van der Waals surface area contributed by atoms with E-state index in [2.05, 4.69) is 24.1 Å². The van der Waals surface area contributed by atoms with Crippen LogP contribution in [0.4, 0.5) is 5.00 Å². The minimum atomic E-state index is -0.615. The van der Waals surface area contributed by atoms with Gasteiger partial charge in [0.1, 0.15) is 16.5 Å². The SMILES string of the molecule is C=CCOC(=O)c1sc(NC(=O)CN2CCCC(C(=O)NCCCC)C2)c(C(=O)OCC)c1C. The molecule has 0 saturated carbocycles. The molecule has 2 rings (SSSR count). The van der Waals surface area contributed by atoms with Crippen molar-refractivity contribution in [3.63, 3.8) is 0 Å². The van der Waals surface area contributed by atoms with Crippen LogP contribution in [0.15, 0.2) is 12.7 Å². The van der Waals surface area contributed by atoms with Gasteiger partial charge in [0.25, 0.3) is 0 Å².